The number of thiophene rings is 1. The second-order valence-electron chi connectivity index (χ2n) is 4.38. The molecule has 1 saturated heterocycles. The Kier molecular flexibility index (Phi) is 3.97. The number of carbonyl (C=O) groups excluding carboxylic acids is 2. The number of likely N-dealkylation sites (tertiary alicyclic amines) is 1. The van der Waals surface area contributed by atoms with Gasteiger partial charge in [-0.05, 0) is 12.1 Å². The fraction of sp³-hybridized carbons (Fsp3) is 0.500. The number of ketones is 2. The molecule has 5 heteroatoms. The minimum atomic E-state index is 0.0449. The zero-order valence-corrected chi connectivity index (χ0v) is 11.2. The monoisotopic (exact) mass is 271 g/mol. The third kappa shape index (κ3) is 3.15. The molecular weight excluding hydrogens is 258 g/mol. The first-order valence-corrected chi connectivity index (χ1v) is 6.79. The molecule has 0 N–H and O–H groups in total. The average Bonchev–Trinajstić information content (AvgIpc) is 2.70. The van der Waals surface area contributed by atoms with Gasteiger partial charge in [0.25, 0.3) is 0 Å². The molecule has 1 fully saturated rings. The highest BCUT2D eigenvalue weighted by atomic mass is 35.5. The second-order valence-corrected chi connectivity index (χ2v) is 6.09. The van der Waals surface area contributed by atoms with Crippen LogP contribution >= 0.6 is 22.9 Å². The van der Waals surface area contributed by atoms with Gasteiger partial charge in [-0.15, -0.1) is 11.3 Å². The Morgan fingerprint density at radius 3 is 2.94 bits per heavy atom. The molecule has 0 aliphatic carbocycles. The van der Waals surface area contributed by atoms with E-state index in [0.29, 0.717) is 41.1 Å². The quantitative estimate of drug-likeness (QED) is 0.793. The predicted molar refractivity (Wildman–Crippen MR) is 68.9 cm³/mol. The Hall–Kier alpha value is -0.710. The van der Waals surface area contributed by atoms with Crippen LogP contribution in [-0.4, -0.2) is 36.1 Å². The lowest BCUT2D eigenvalue weighted by atomic mass is 9.98. The number of halogens is 1. The van der Waals surface area contributed by atoms with E-state index < -0.39 is 0 Å². The molecule has 0 saturated carbocycles. The van der Waals surface area contributed by atoms with Crippen molar-refractivity contribution in [2.75, 3.05) is 19.6 Å². The fourth-order valence-corrected chi connectivity index (χ4v) is 2.96. The lowest BCUT2D eigenvalue weighted by Gasteiger charge is -2.29. The third-order valence-electron chi connectivity index (χ3n) is 2.97. The molecule has 0 bridgehead atoms. The molecular formula is C12H14ClNO2S. The smallest absolute Gasteiger partial charge is 0.186 e. The van der Waals surface area contributed by atoms with Crippen molar-refractivity contribution in [1.82, 2.24) is 4.90 Å². The molecule has 3 nitrogen and oxygen atoms in total. The number of hydrogen-bond acceptors (Lipinski definition) is 4. The Bertz CT molecular complexity index is 443. The Labute approximate surface area is 109 Å². The van der Waals surface area contributed by atoms with Crippen LogP contribution in [0.4, 0.5) is 0 Å². The largest absolute Gasteiger partial charge is 0.299 e. The van der Waals surface area contributed by atoms with Gasteiger partial charge < -0.3 is 0 Å². The first kappa shape index (κ1) is 12.7. The molecule has 1 unspecified atom stereocenters. The summed E-state index contributed by atoms with van der Waals surface area (Å²) in [6.07, 6.45) is 0.555. The number of Topliss-reactive ketones (excluding diaryl/α,β-unsaturated/α-hetero) is 2. The standard InChI is InChI=1S/C12H14ClNO2S/c1-8-6-14(5-4-9(8)15)7-10(16)11-2-3-12(13)17-11/h2-3,8H,4-7H2,1H3. The summed E-state index contributed by atoms with van der Waals surface area (Å²) < 4.78 is 0.635. The van der Waals surface area contributed by atoms with Gasteiger partial charge in [-0.3, -0.25) is 14.5 Å². The van der Waals surface area contributed by atoms with Crippen molar-refractivity contribution in [1.29, 1.82) is 0 Å². The van der Waals surface area contributed by atoms with Gasteiger partial charge >= 0.3 is 0 Å². The Balaban J connectivity index is 1.93. The van der Waals surface area contributed by atoms with Gasteiger partial charge in [-0.2, -0.15) is 0 Å². The molecule has 1 aromatic heterocycles. The third-order valence-corrected chi connectivity index (χ3v) is 4.24. The first-order chi connectivity index (χ1) is 8.06. The minimum Gasteiger partial charge on any atom is -0.299 e. The zero-order chi connectivity index (χ0) is 12.4. The summed E-state index contributed by atoms with van der Waals surface area (Å²) in [5.41, 5.74) is 0. The van der Waals surface area contributed by atoms with Crippen LogP contribution in [0.25, 0.3) is 0 Å². The summed E-state index contributed by atoms with van der Waals surface area (Å²) in [5, 5.41) is 0. The SMILES string of the molecule is CC1CN(CC(=O)c2ccc(Cl)s2)CCC1=O. The maximum absolute atomic E-state index is 11.9. The maximum Gasteiger partial charge on any atom is 0.186 e. The van der Waals surface area contributed by atoms with E-state index in [1.807, 2.05) is 11.8 Å². The summed E-state index contributed by atoms with van der Waals surface area (Å²) >= 11 is 7.11. The van der Waals surface area contributed by atoms with Crippen LogP contribution in [0.3, 0.4) is 0 Å². The van der Waals surface area contributed by atoms with Crippen LogP contribution in [0, 0.1) is 5.92 Å². The molecule has 17 heavy (non-hydrogen) atoms. The molecule has 1 atom stereocenters. The summed E-state index contributed by atoms with van der Waals surface area (Å²) in [7, 11) is 0. The topological polar surface area (TPSA) is 37.4 Å². The molecule has 1 aliphatic heterocycles. The van der Waals surface area contributed by atoms with Gasteiger partial charge in [0, 0.05) is 25.4 Å². The number of nitrogens with zero attached hydrogens (tertiary/aromatic N) is 1. The van der Waals surface area contributed by atoms with Crippen molar-refractivity contribution in [3.63, 3.8) is 0 Å². The predicted octanol–water partition coefficient (Wildman–Crippen LogP) is 2.50. The lowest BCUT2D eigenvalue weighted by molar-refractivity contribution is -0.125. The van der Waals surface area contributed by atoms with Crippen molar-refractivity contribution < 1.29 is 9.59 Å². The molecule has 92 valence electrons. The first-order valence-electron chi connectivity index (χ1n) is 5.60. The average molecular weight is 272 g/mol. The van der Waals surface area contributed by atoms with Crippen molar-refractivity contribution in [2.45, 2.75) is 13.3 Å². The van der Waals surface area contributed by atoms with Gasteiger partial charge in [0.15, 0.2) is 5.78 Å². The van der Waals surface area contributed by atoms with Gasteiger partial charge in [-0.25, -0.2) is 0 Å². The highest BCUT2D eigenvalue weighted by Crippen LogP contribution is 2.22. The van der Waals surface area contributed by atoms with E-state index in [2.05, 4.69) is 0 Å². The van der Waals surface area contributed by atoms with Gasteiger partial charge in [-0.1, -0.05) is 18.5 Å². The summed E-state index contributed by atoms with van der Waals surface area (Å²) in [6, 6.07) is 3.50. The normalized spacial score (nSPS) is 21.8. The van der Waals surface area contributed by atoms with E-state index in [1.54, 1.807) is 12.1 Å². The number of piperidine rings is 1. The lowest BCUT2D eigenvalue weighted by Crippen LogP contribution is -2.42. The van der Waals surface area contributed by atoms with Crippen molar-refractivity contribution >= 4 is 34.5 Å². The van der Waals surface area contributed by atoms with E-state index in [4.69, 9.17) is 11.6 Å². The van der Waals surface area contributed by atoms with E-state index in [9.17, 15) is 9.59 Å². The van der Waals surface area contributed by atoms with Crippen LogP contribution in [0.2, 0.25) is 4.34 Å². The molecule has 1 aliphatic rings. The van der Waals surface area contributed by atoms with Crippen LogP contribution < -0.4 is 0 Å². The molecule has 0 radical (unpaired) electrons. The van der Waals surface area contributed by atoms with Crippen molar-refractivity contribution in [2.24, 2.45) is 5.92 Å². The molecule has 2 heterocycles. The van der Waals surface area contributed by atoms with Gasteiger partial charge in [0.2, 0.25) is 0 Å². The van der Waals surface area contributed by atoms with E-state index >= 15 is 0 Å². The number of rotatable bonds is 3. The molecule has 0 spiro atoms. The van der Waals surface area contributed by atoms with E-state index in [-0.39, 0.29) is 11.7 Å². The summed E-state index contributed by atoms with van der Waals surface area (Å²) in [6.45, 7) is 3.67. The molecule has 0 aromatic carbocycles. The minimum absolute atomic E-state index is 0.0449. The maximum atomic E-state index is 11.9. The fourth-order valence-electron chi connectivity index (χ4n) is 1.98. The Morgan fingerprint density at radius 1 is 1.59 bits per heavy atom. The zero-order valence-electron chi connectivity index (χ0n) is 9.61. The summed E-state index contributed by atoms with van der Waals surface area (Å²) in [4.78, 5) is 26.0. The number of hydrogen-bond donors (Lipinski definition) is 0. The van der Waals surface area contributed by atoms with Gasteiger partial charge in [0.1, 0.15) is 5.78 Å². The molecule has 2 rings (SSSR count). The van der Waals surface area contributed by atoms with Crippen LogP contribution in [0.15, 0.2) is 12.1 Å². The van der Waals surface area contributed by atoms with Crippen LogP contribution in [0.1, 0.15) is 23.0 Å². The molecule has 1 aromatic rings. The summed E-state index contributed by atoms with van der Waals surface area (Å²) in [5.74, 6) is 0.430. The Morgan fingerprint density at radius 2 is 2.35 bits per heavy atom. The van der Waals surface area contributed by atoms with Crippen LogP contribution in [-0.2, 0) is 4.79 Å². The van der Waals surface area contributed by atoms with Gasteiger partial charge in [0.05, 0.1) is 15.8 Å². The van der Waals surface area contributed by atoms with E-state index in [1.165, 1.54) is 11.3 Å². The van der Waals surface area contributed by atoms with Crippen molar-refractivity contribution in [3.8, 4) is 0 Å². The van der Waals surface area contributed by atoms with E-state index in [0.717, 1.165) is 0 Å². The van der Waals surface area contributed by atoms with Crippen molar-refractivity contribution in [3.05, 3.63) is 21.3 Å². The molecule has 0 amide bonds. The highest BCUT2D eigenvalue weighted by Gasteiger charge is 2.25. The van der Waals surface area contributed by atoms with Crippen LogP contribution in [0.5, 0.6) is 0 Å². The highest BCUT2D eigenvalue weighted by molar-refractivity contribution is 7.18. The number of carbonyl (C=O) groups is 2. The second kappa shape index (κ2) is 5.29.